The first-order valence-corrected chi connectivity index (χ1v) is 18.6. The second-order valence-corrected chi connectivity index (χ2v) is 20.7. The monoisotopic (exact) mass is 390 g/mol. The molecule has 0 aliphatic carbocycles. The third-order valence-corrected chi connectivity index (χ3v) is 5.88. The molecule has 138 valence electrons. The largest absolute Gasteiger partial charge is 0.496 e. The third-order valence-electron chi connectivity index (χ3n) is 3.27. The van der Waals surface area contributed by atoms with Crippen molar-refractivity contribution in [2.75, 3.05) is 12.5 Å². The highest BCUT2D eigenvalue weighted by atomic mass is 28.3. The molecule has 0 spiro atoms. The molecule has 25 heavy (non-hydrogen) atoms. The molecule has 0 atom stereocenters. The molecule has 1 aromatic rings. The van der Waals surface area contributed by atoms with Crippen LogP contribution < -0.4 is 4.74 Å². The Morgan fingerprint density at radius 2 is 1.72 bits per heavy atom. The zero-order valence-corrected chi connectivity index (χ0v) is 20.5. The molecule has 0 bridgehead atoms. The minimum absolute atomic E-state index is 0.312. The number of benzene rings is 1. The summed E-state index contributed by atoms with van der Waals surface area (Å²) in [5.41, 5.74) is 6.47. The van der Waals surface area contributed by atoms with Gasteiger partial charge >= 0.3 is 0 Å². The summed E-state index contributed by atoms with van der Waals surface area (Å²) < 4.78 is 12.3. The Morgan fingerprint density at radius 1 is 1.08 bits per heavy atom. The zero-order valence-electron chi connectivity index (χ0n) is 17.1. The lowest BCUT2D eigenvalue weighted by Crippen LogP contribution is -2.30. The Balaban J connectivity index is 3.21. The lowest BCUT2D eigenvalue weighted by atomic mass is 10.0. The molecule has 5 heteroatoms. The van der Waals surface area contributed by atoms with Gasteiger partial charge in [0.2, 0.25) is 0 Å². The highest BCUT2D eigenvalue weighted by Gasteiger charge is 2.19. The smallest absolute Gasteiger partial charge is 0.139 e. The molecule has 0 heterocycles. The van der Waals surface area contributed by atoms with Gasteiger partial charge in [-0.3, -0.25) is 0 Å². The minimum atomic E-state index is -1.32. The van der Waals surface area contributed by atoms with Gasteiger partial charge in [-0.05, 0) is 17.7 Å². The molecule has 1 rings (SSSR count). The molecule has 0 saturated heterocycles. The van der Waals surface area contributed by atoms with Crippen molar-refractivity contribution in [1.82, 2.24) is 0 Å². The van der Waals surface area contributed by atoms with Gasteiger partial charge in [0.15, 0.2) is 0 Å². The molecule has 2 nitrogen and oxygen atoms in total. The van der Waals surface area contributed by atoms with Crippen LogP contribution in [0.1, 0.15) is 16.7 Å². The maximum Gasteiger partial charge on any atom is 0.139 e. The van der Waals surface area contributed by atoms with Crippen LogP contribution in [0, 0.1) is 11.5 Å². The van der Waals surface area contributed by atoms with Crippen LogP contribution in [-0.4, -0.2) is 38.1 Å². The van der Waals surface area contributed by atoms with Gasteiger partial charge in [-0.25, -0.2) is 0 Å². The van der Waals surface area contributed by atoms with E-state index in [1.165, 1.54) is 0 Å². The summed E-state index contributed by atoms with van der Waals surface area (Å²) in [6.07, 6.45) is 3.51. The highest BCUT2D eigenvalue weighted by Crippen LogP contribution is 2.28. The highest BCUT2D eigenvalue weighted by molar-refractivity contribution is 6.76. The molecule has 0 aromatic heterocycles. The summed E-state index contributed by atoms with van der Waals surface area (Å²) in [5.74, 6) is 4.24. The Morgan fingerprint density at radius 3 is 2.24 bits per heavy atom. The second-order valence-electron chi connectivity index (χ2n) is 8.82. The summed E-state index contributed by atoms with van der Waals surface area (Å²) in [6.45, 7) is 20.6. The first kappa shape index (κ1) is 22.0. The minimum Gasteiger partial charge on any atom is -0.496 e. The van der Waals surface area contributed by atoms with E-state index in [1.54, 1.807) is 0 Å². The molecule has 0 N–H and O–H groups in total. The van der Waals surface area contributed by atoms with Gasteiger partial charge in [-0.15, -0.1) is 5.54 Å². The molecule has 0 aliphatic heterocycles. The van der Waals surface area contributed by atoms with Crippen LogP contribution in [0.4, 0.5) is 0 Å². The molecule has 1 aromatic carbocycles. The van der Waals surface area contributed by atoms with Gasteiger partial charge in [0, 0.05) is 11.8 Å². The number of rotatable bonds is 8. The predicted molar refractivity (Wildman–Crippen MR) is 120 cm³/mol. The van der Waals surface area contributed by atoms with E-state index < -0.39 is 16.1 Å². The van der Waals surface area contributed by atoms with Crippen molar-refractivity contribution in [3.63, 3.8) is 0 Å². The molecule has 0 aliphatic rings. The van der Waals surface area contributed by atoms with E-state index in [9.17, 15) is 0 Å². The average molecular weight is 391 g/mol. The topological polar surface area (TPSA) is 18.5 Å². The first-order valence-electron chi connectivity index (χ1n) is 9.04. The lowest BCUT2D eigenvalue weighted by Gasteiger charge is -2.21. The van der Waals surface area contributed by atoms with Crippen LogP contribution in [0.5, 0.6) is 5.75 Å². The lowest BCUT2D eigenvalue weighted by molar-refractivity contribution is 0.156. The molecular formula is C20H34O2Si3. The summed E-state index contributed by atoms with van der Waals surface area (Å²) in [7, 11) is -2.86. The maximum atomic E-state index is 6.28. The quantitative estimate of drug-likeness (QED) is 0.480. The van der Waals surface area contributed by atoms with E-state index >= 15 is 0 Å². The van der Waals surface area contributed by atoms with Crippen LogP contribution in [-0.2, 0) is 11.3 Å². The van der Waals surface area contributed by atoms with Gasteiger partial charge in [0.25, 0.3) is 0 Å². The van der Waals surface area contributed by atoms with E-state index in [0.717, 1.165) is 34.9 Å². The van der Waals surface area contributed by atoms with Gasteiger partial charge in [-0.1, -0.05) is 64.4 Å². The second kappa shape index (κ2) is 9.58. The van der Waals surface area contributed by atoms with E-state index in [-0.39, 0.29) is 9.52 Å². The van der Waals surface area contributed by atoms with Gasteiger partial charge in [-0.2, -0.15) is 0 Å². The molecule has 0 saturated carbocycles. The van der Waals surface area contributed by atoms with Crippen LogP contribution in [0.25, 0.3) is 6.08 Å². The van der Waals surface area contributed by atoms with Gasteiger partial charge in [0.05, 0.1) is 34.5 Å². The van der Waals surface area contributed by atoms with Crippen molar-refractivity contribution >= 4 is 31.7 Å². The Hall–Kier alpha value is -1.07. The summed E-state index contributed by atoms with van der Waals surface area (Å²) >= 11 is 0. The standard InChI is InChI=1S/C20H34O2Si3/c1-9-17-12-18(10-11-23-2)20(22-16-25(6,7)8)19(13-17)14-21-15-24(3,4)5/h9,12-13H,1,14-16,23H2,2-8H3. The van der Waals surface area contributed by atoms with Crippen LogP contribution in [0.3, 0.4) is 0 Å². The van der Waals surface area contributed by atoms with E-state index in [4.69, 9.17) is 9.47 Å². The van der Waals surface area contributed by atoms with Gasteiger partial charge < -0.3 is 9.47 Å². The van der Waals surface area contributed by atoms with Crippen molar-refractivity contribution in [3.05, 3.63) is 35.4 Å². The average Bonchev–Trinajstić information content (AvgIpc) is 2.49. The van der Waals surface area contributed by atoms with E-state index in [1.807, 2.05) is 6.08 Å². The molecular weight excluding hydrogens is 356 g/mol. The van der Waals surface area contributed by atoms with E-state index in [0.29, 0.717) is 6.61 Å². The van der Waals surface area contributed by atoms with Crippen molar-refractivity contribution < 1.29 is 9.47 Å². The molecule has 0 unspecified atom stereocenters. The summed E-state index contributed by atoms with van der Waals surface area (Å²) in [6, 6.07) is 4.22. The zero-order chi connectivity index (χ0) is 19.1. The number of hydrogen-bond donors (Lipinski definition) is 0. The van der Waals surface area contributed by atoms with Crippen LogP contribution in [0.2, 0.25) is 45.8 Å². The maximum absolute atomic E-state index is 6.28. The van der Waals surface area contributed by atoms with Crippen molar-refractivity contribution in [2.24, 2.45) is 0 Å². The van der Waals surface area contributed by atoms with E-state index in [2.05, 4.69) is 76.0 Å². The van der Waals surface area contributed by atoms with Crippen molar-refractivity contribution in [1.29, 1.82) is 0 Å². The summed E-state index contributed by atoms with van der Waals surface area (Å²) in [5, 5.41) is 0. The predicted octanol–water partition coefficient (Wildman–Crippen LogP) is 4.51. The fourth-order valence-electron chi connectivity index (χ4n) is 2.14. The van der Waals surface area contributed by atoms with Crippen molar-refractivity contribution in [3.8, 4) is 17.2 Å². The Kier molecular flexibility index (Phi) is 8.42. The molecule has 0 fully saturated rings. The Labute approximate surface area is 158 Å². The normalized spacial score (nSPS) is 12.1. The molecule has 0 amide bonds. The number of hydrogen-bond acceptors (Lipinski definition) is 2. The van der Waals surface area contributed by atoms with Gasteiger partial charge in [0.1, 0.15) is 15.3 Å². The fourth-order valence-corrected chi connectivity index (χ4v) is 3.80. The van der Waals surface area contributed by atoms with Crippen LogP contribution >= 0.6 is 0 Å². The number of ether oxygens (including phenoxy) is 2. The fraction of sp³-hybridized carbons (Fsp3) is 0.500. The SMILES string of the molecule is C=Cc1cc(C#C[SiH2]C)c(OC[Si](C)(C)C)c(COC[Si](C)(C)C)c1. The first-order chi connectivity index (χ1) is 11.6. The van der Waals surface area contributed by atoms with Crippen molar-refractivity contribution in [2.45, 2.75) is 52.4 Å². The Bertz CT molecular complexity index is 644. The third kappa shape index (κ3) is 8.73. The van der Waals surface area contributed by atoms with Crippen LogP contribution in [0.15, 0.2) is 18.7 Å². The summed E-state index contributed by atoms with van der Waals surface area (Å²) in [4.78, 5) is 0. The molecule has 0 radical (unpaired) electrons.